The van der Waals surface area contributed by atoms with Crippen molar-refractivity contribution >= 4 is 40.6 Å². The van der Waals surface area contributed by atoms with Crippen molar-refractivity contribution in [3.05, 3.63) is 46.3 Å². The van der Waals surface area contributed by atoms with Gasteiger partial charge in [-0.25, -0.2) is 9.97 Å². The molecule has 5 nitrogen and oxygen atoms in total. The summed E-state index contributed by atoms with van der Waals surface area (Å²) in [5, 5.41) is 3.97. The summed E-state index contributed by atoms with van der Waals surface area (Å²) in [5.41, 5.74) is 0.863. The summed E-state index contributed by atoms with van der Waals surface area (Å²) >= 11 is 12.2. The molecule has 1 N–H and O–H groups in total. The molecule has 0 spiro atoms. The first-order valence-electron chi connectivity index (χ1n) is 6.89. The summed E-state index contributed by atoms with van der Waals surface area (Å²) in [6.45, 7) is 5.10. The van der Waals surface area contributed by atoms with Crippen molar-refractivity contribution in [2.24, 2.45) is 0 Å². The highest BCUT2D eigenvalue weighted by molar-refractivity contribution is 6.39. The molecule has 116 valence electrons. The van der Waals surface area contributed by atoms with Crippen LogP contribution in [-0.2, 0) is 0 Å². The number of carbonyl (C=O) groups excluding carboxylic acids is 1. The quantitative estimate of drug-likeness (QED) is 0.894. The Labute approximate surface area is 139 Å². The Hall–Kier alpha value is -1.85. The van der Waals surface area contributed by atoms with E-state index < -0.39 is 0 Å². The average Bonchev–Trinajstić information content (AvgIpc) is 2.53. The number of carbonyl (C=O) groups is 1. The standard InChI is InChI=1S/C15H16Cl2N4O/c1-3-21(4-2)15(22)12-8-19-13(9-18-12)20-14-10(16)6-5-7-11(14)17/h5-9H,3-4H2,1-2H3,(H,19,20). The molecule has 0 aliphatic heterocycles. The smallest absolute Gasteiger partial charge is 0.274 e. The summed E-state index contributed by atoms with van der Waals surface area (Å²) < 4.78 is 0. The van der Waals surface area contributed by atoms with Gasteiger partial charge in [0.2, 0.25) is 0 Å². The van der Waals surface area contributed by atoms with E-state index in [1.807, 2.05) is 13.8 Å². The number of para-hydroxylation sites is 1. The molecule has 0 radical (unpaired) electrons. The second-order valence-corrected chi connectivity index (χ2v) is 5.30. The number of halogens is 2. The van der Waals surface area contributed by atoms with Gasteiger partial charge in [0.05, 0.1) is 28.1 Å². The second kappa shape index (κ2) is 7.42. The minimum Gasteiger partial charge on any atom is -0.338 e. The number of nitrogens with one attached hydrogen (secondary N) is 1. The van der Waals surface area contributed by atoms with Gasteiger partial charge in [-0.3, -0.25) is 4.79 Å². The van der Waals surface area contributed by atoms with E-state index >= 15 is 0 Å². The Kier molecular flexibility index (Phi) is 5.57. The van der Waals surface area contributed by atoms with Gasteiger partial charge in [-0.15, -0.1) is 0 Å². The Bertz CT molecular complexity index is 637. The van der Waals surface area contributed by atoms with Crippen molar-refractivity contribution in [1.29, 1.82) is 0 Å². The molecule has 2 rings (SSSR count). The van der Waals surface area contributed by atoms with Gasteiger partial charge in [0.25, 0.3) is 5.91 Å². The van der Waals surface area contributed by atoms with Gasteiger partial charge in [0, 0.05) is 13.1 Å². The number of anilines is 2. The lowest BCUT2D eigenvalue weighted by molar-refractivity contribution is 0.0766. The molecule has 1 amide bonds. The second-order valence-electron chi connectivity index (χ2n) is 4.49. The minimum absolute atomic E-state index is 0.139. The normalized spacial score (nSPS) is 10.4. The van der Waals surface area contributed by atoms with Gasteiger partial charge in [-0.1, -0.05) is 29.3 Å². The summed E-state index contributed by atoms with van der Waals surface area (Å²) in [6, 6.07) is 5.20. The number of rotatable bonds is 5. The Morgan fingerprint density at radius 2 is 1.77 bits per heavy atom. The van der Waals surface area contributed by atoms with E-state index in [4.69, 9.17) is 23.2 Å². The number of benzene rings is 1. The first-order chi connectivity index (χ1) is 10.6. The number of hydrogen-bond acceptors (Lipinski definition) is 4. The maximum absolute atomic E-state index is 12.1. The van der Waals surface area contributed by atoms with E-state index in [0.717, 1.165) is 0 Å². The summed E-state index contributed by atoms with van der Waals surface area (Å²) in [5.74, 6) is 0.325. The molecule has 0 saturated heterocycles. The molecule has 22 heavy (non-hydrogen) atoms. The molecule has 0 aliphatic rings. The SMILES string of the molecule is CCN(CC)C(=O)c1cnc(Nc2c(Cl)cccc2Cl)cn1. The van der Waals surface area contributed by atoms with Gasteiger partial charge in [0.15, 0.2) is 0 Å². The van der Waals surface area contributed by atoms with E-state index in [2.05, 4.69) is 15.3 Å². The van der Waals surface area contributed by atoms with E-state index in [9.17, 15) is 4.79 Å². The molecular formula is C15H16Cl2N4O. The number of hydrogen-bond donors (Lipinski definition) is 1. The Morgan fingerprint density at radius 1 is 1.14 bits per heavy atom. The van der Waals surface area contributed by atoms with Crippen LogP contribution < -0.4 is 5.32 Å². The fourth-order valence-corrected chi connectivity index (χ4v) is 2.41. The number of aromatic nitrogens is 2. The van der Waals surface area contributed by atoms with Crippen LogP contribution in [-0.4, -0.2) is 33.9 Å². The van der Waals surface area contributed by atoms with Gasteiger partial charge in [-0.2, -0.15) is 0 Å². The Morgan fingerprint density at radius 3 is 2.27 bits per heavy atom. The van der Waals surface area contributed by atoms with Crippen molar-refractivity contribution in [3.8, 4) is 0 Å². The third-order valence-electron chi connectivity index (χ3n) is 3.14. The first kappa shape index (κ1) is 16.5. The molecule has 0 bridgehead atoms. The van der Waals surface area contributed by atoms with Crippen LogP contribution in [0.1, 0.15) is 24.3 Å². The highest BCUT2D eigenvalue weighted by Crippen LogP contribution is 2.31. The lowest BCUT2D eigenvalue weighted by Crippen LogP contribution is -2.31. The van der Waals surface area contributed by atoms with Crippen LogP contribution in [0.3, 0.4) is 0 Å². The highest BCUT2D eigenvalue weighted by Gasteiger charge is 2.14. The van der Waals surface area contributed by atoms with Crippen LogP contribution in [0.5, 0.6) is 0 Å². The van der Waals surface area contributed by atoms with Crippen molar-refractivity contribution in [2.45, 2.75) is 13.8 Å². The maximum Gasteiger partial charge on any atom is 0.274 e. The van der Waals surface area contributed by atoms with Crippen molar-refractivity contribution < 1.29 is 4.79 Å². The third-order valence-corrected chi connectivity index (χ3v) is 3.77. The first-order valence-corrected chi connectivity index (χ1v) is 7.64. The summed E-state index contributed by atoms with van der Waals surface area (Å²) in [4.78, 5) is 22.2. The van der Waals surface area contributed by atoms with E-state index in [1.165, 1.54) is 12.4 Å². The molecule has 1 aromatic carbocycles. The molecule has 7 heteroatoms. The zero-order valence-electron chi connectivity index (χ0n) is 12.3. The molecule has 0 atom stereocenters. The number of nitrogens with zero attached hydrogens (tertiary/aromatic N) is 3. The van der Waals surface area contributed by atoms with Crippen LogP contribution in [0.15, 0.2) is 30.6 Å². The average molecular weight is 339 g/mol. The molecule has 0 unspecified atom stereocenters. The van der Waals surface area contributed by atoms with Crippen LogP contribution in [0.4, 0.5) is 11.5 Å². The topological polar surface area (TPSA) is 58.1 Å². The maximum atomic E-state index is 12.1. The minimum atomic E-state index is -0.139. The summed E-state index contributed by atoms with van der Waals surface area (Å²) in [6.07, 6.45) is 2.92. The molecule has 1 heterocycles. The van der Waals surface area contributed by atoms with Crippen LogP contribution in [0.2, 0.25) is 10.0 Å². The molecule has 0 fully saturated rings. The van der Waals surface area contributed by atoms with Crippen molar-refractivity contribution in [1.82, 2.24) is 14.9 Å². The van der Waals surface area contributed by atoms with Crippen LogP contribution >= 0.6 is 23.2 Å². The fraction of sp³-hybridized carbons (Fsp3) is 0.267. The molecule has 1 aromatic heterocycles. The molecular weight excluding hydrogens is 323 g/mol. The van der Waals surface area contributed by atoms with Gasteiger partial charge < -0.3 is 10.2 Å². The summed E-state index contributed by atoms with van der Waals surface area (Å²) in [7, 11) is 0. The fourth-order valence-electron chi connectivity index (χ4n) is 1.92. The predicted molar refractivity (Wildman–Crippen MR) is 89.0 cm³/mol. The van der Waals surface area contributed by atoms with Crippen molar-refractivity contribution in [3.63, 3.8) is 0 Å². The van der Waals surface area contributed by atoms with E-state index in [-0.39, 0.29) is 5.91 Å². The lowest BCUT2D eigenvalue weighted by atomic mass is 10.3. The molecule has 2 aromatic rings. The monoisotopic (exact) mass is 338 g/mol. The van der Waals surface area contributed by atoms with Crippen LogP contribution in [0.25, 0.3) is 0 Å². The van der Waals surface area contributed by atoms with Gasteiger partial charge in [-0.05, 0) is 26.0 Å². The molecule has 0 aliphatic carbocycles. The Balaban J connectivity index is 2.17. The van der Waals surface area contributed by atoms with Gasteiger partial charge >= 0.3 is 0 Å². The van der Waals surface area contributed by atoms with Crippen molar-refractivity contribution in [2.75, 3.05) is 18.4 Å². The highest BCUT2D eigenvalue weighted by atomic mass is 35.5. The predicted octanol–water partition coefficient (Wildman–Crippen LogP) is 4.01. The zero-order chi connectivity index (χ0) is 16.1. The number of amides is 1. The van der Waals surface area contributed by atoms with Crippen LogP contribution in [0, 0.1) is 0 Å². The van der Waals surface area contributed by atoms with E-state index in [1.54, 1.807) is 23.1 Å². The zero-order valence-corrected chi connectivity index (χ0v) is 13.8. The third kappa shape index (κ3) is 3.67. The lowest BCUT2D eigenvalue weighted by Gasteiger charge is -2.17. The molecule has 0 saturated carbocycles. The van der Waals surface area contributed by atoms with Gasteiger partial charge in [0.1, 0.15) is 11.5 Å². The van der Waals surface area contributed by atoms with E-state index in [0.29, 0.717) is 40.3 Å². The largest absolute Gasteiger partial charge is 0.338 e.